The van der Waals surface area contributed by atoms with Gasteiger partial charge in [0.05, 0.1) is 17.7 Å². The molecule has 1 fully saturated rings. The van der Waals surface area contributed by atoms with Gasteiger partial charge in [0, 0.05) is 21.7 Å². The Bertz CT molecular complexity index is 1200. The average Bonchev–Trinajstić information content (AvgIpc) is 3.19. The van der Waals surface area contributed by atoms with Crippen molar-refractivity contribution in [1.82, 2.24) is 9.78 Å². The van der Waals surface area contributed by atoms with Crippen LogP contribution in [0.15, 0.2) is 38.9 Å². The van der Waals surface area contributed by atoms with Gasteiger partial charge in [-0.1, -0.05) is 35.2 Å². The summed E-state index contributed by atoms with van der Waals surface area (Å²) in [5.74, 6) is -0.336. The Morgan fingerprint density at radius 3 is 2.62 bits per heavy atom. The first kappa shape index (κ1) is 22.7. The van der Waals surface area contributed by atoms with E-state index in [4.69, 9.17) is 4.74 Å². The summed E-state index contributed by atoms with van der Waals surface area (Å²) in [6.45, 7) is 1.90. The molecule has 0 spiro atoms. The molecule has 0 bridgehead atoms. The number of nitrogens with zero attached hydrogens (tertiary/aromatic N) is 2. The van der Waals surface area contributed by atoms with E-state index in [2.05, 4.69) is 26.3 Å². The second kappa shape index (κ2) is 9.95. The van der Waals surface area contributed by atoms with Gasteiger partial charge >= 0.3 is 5.97 Å². The van der Waals surface area contributed by atoms with Crippen LogP contribution in [0.3, 0.4) is 0 Å². The van der Waals surface area contributed by atoms with Crippen molar-refractivity contribution in [1.29, 1.82) is 0 Å². The highest BCUT2D eigenvalue weighted by Gasteiger charge is 2.24. The fraction of sp³-hybridized carbons (Fsp3) is 0.391. The number of thiophene rings is 1. The molecule has 0 saturated heterocycles. The lowest BCUT2D eigenvalue weighted by Crippen LogP contribution is -2.26. The number of hydrogen-bond donors (Lipinski definition) is 1. The number of carbonyl (C=O) groups excluding carboxylic acids is 2. The van der Waals surface area contributed by atoms with Crippen molar-refractivity contribution < 1.29 is 14.3 Å². The predicted octanol–water partition coefficient (Wildman–Crippen LogP) is 5.30. The topological polar surface area (TPSA) is 90.3 Å². The molecule has 0 aliphatic heterocycles. The molecule has 32 heavy (non-hydrogen) atoms. The quantitative estimate of drug-likeness (QED) is 0.448. The van der Waals surface area contributed by atoms with Crippen LogP contribution in [0.4, 0.5) is 5.00 Å². The van der Waals surface area contributed by atoms with Crippen LogP contribution in [-0.2, 0) is 9.53 Å². The van der Waals surface area contributed by atoms with Crippen molar-refractivity contribution in [3.05, 3.63) is 50.2 Å². The molecule has 1 aromatic carbocycles. The second-order valence-corrected chi connectivity index (χ2v) is 9.67. The van der Waals surface area contributed by atoms with E-state index < -0.39 is 11.5 Å². The summed E-state index contributed by atoms with van der Waals surface area (Å²) in [5.41, 5.74) is 0.161. The van der Waals surface area contributed by atoms with Crippen molar-refractivity contribution in [2.24, 2.45) is 5.92 Å². The lowest BCUT2D eigenvalue weighted by Gasteiger charge is -2.20. The summed E-state index contributed by atoms with van der Waals surface area (Å²) in [6.07, 6.45) is 6.11. The number of fused-ring (bicyclic) bond motifs is 1. The van der Waals surface area contributed by atoms with Crippen molar-refractivity contribution in [2.75, 3.05) is 11.9 Å². The third-order valence-corrected chi connectivity index (χ3v) is 7.07. The summed E-state index contributed by atoms with van der Waals surface area (Å²) in [7, 11) is 0. The molecule has 1 amide bonds. The van der Waals surface area contributed by atoms with Crippen LogP contribution >= 0.6 is 27.3 Å². The summed E-state index contributed by atoms with van der Waals surface area (Å²) >= 11 is 4.60. The molecule has 0 radical (unpaired) electrons. The molecular weight excluding hydrogens is 494 g/mol. The normalized spacial score (nSPS) is 14.4. The van der Waals surface area contributed by atoms with Gasteiger partial charge in [-0.2, -0.15) is 9.78 Å². The number of ether oxygens (including phenoxy) is 1. The van der Waals surface area contributed by atoms with E-state index >= 15 is 0 Å². The molecule has 0 atom stereocenters. The van der Waals surface area contributed by atoms with Crippen LogP contribution in [-0.4, -0.2) is 28.3 Å². The molecule has 3 aromatic rings. The number of benzene rings is 1. The van der Waals surface area contributed by atoms with Crippen molar-refractivity contribution in [3.63, 3.8) is 0 Å². The zero-order valence-electron chi connectivity index (χ0n) is 17.7. The molecule has 0 unspecified atom stereocenters. The number of esters is 1. The predicted molar refractivity (Wildman–Crippen MR) is 129 cm³/mol. The number of nitrogens with one attached hydrogen (secondary N) is 1. The SMILES string of the molecule is CCOC(=O)c1nn(-c2ccc(Br)cc2)c(=O)c2c(NC(=O)CC3CCCCC3)scc12. The minimum atomic E-state index is -0.610. The smallest absolute Gasteiger partial charge is 0.359 e. The molecule has 1 aliphatic carbocycles. The Hall–Kier alpha value is -2.52. The lowest BCUT2D eigenvalue weighted by molar-refractivity contribution is -0.117. The number of halogens is 1. The van der Waals surface area contributed by atoms with Crippen molar-refractivity contribution in [2.45, 2.75) is 45.4 Å². The molecule has 2 aromatic heterocycles. The van der Waals surface area contributed by atoms with Crippen molar-refractivity contribution >= 4 is 54.9 Å². The third-order valence-electron chi connectivity index (χ3n) is 5.64. The molecule has 7 nitrogen and oxygen atoms in total. The monoisotopic (exact) mass is 517 g/mol. The minimum absolute atomic E-state index is 0.0494. The Labute approximate surface area is 197 Å². The maximum absolute atomic E-state index is 13.4. The van der Waals surface area contributed by atoms with E-state index in [0.717, 1.165) is 30.2 Å². The third kappa shape index (κ3) is 4.78. The van der Waals surface area contributed by atoms with Crippen LogP contribution in [0, 0.1) is 5.92 Å². The summed E-state index contributed by atoms with van der Waals surface area (Å²) in [5, 5.41) is 10.0. The number of hydrogen-bond acceptors (Lipinski definition) is 6. The van der Waals surface area contributed by atoms with Gasteiger partial charge in [-0.25, -0.2) is 4.79 Å². The number of amides is 1. The first-order valence-electron chi connectivity index (χ1n) is 10.8. The molecule has 1 saturated carbocycles. The van der Waals surface area contributed by atoms with Crippen LogP contribution < -0.4 is 10.9 Å². The van der Waals surface area contributed by atoms with Crippen LogP contribution in [0.25, 0.3) is 16.5 Å². The summed E-state index contributed by atoms with van der Waals surface area (Å²) < 4.78 is 7.21. The van der Waals surface area contributed by atoms with E-state index in [1.165, 1.54) is 22.4 Å². The minimum Gasteiger partial charge on any atom is -0.461 e. The average molecular weight is 518 g/mol. The Morgan fingerprint density at radius 1 is 1.22 bits per heavy atom. The highest BCUT2D eigenvalue weighted by molar-refractivity contribution is 9.10. The number of rotatable bonds is 6. The van der Waals surface area contributed by atoms with Crippen LogP contribution in [0.1, 0.15) is 55.9 Å². The largest absolute Gasteiger partial charge is 0.461 e. The van der Waals surface area contributed by atoms with E-state index in [9.17, 15) is 14.4 Å². The van der Waals surface area contributed by atoms with E-state index in [1.54, 1.807) is 36.6 Å². The van der Waals surface area contributed by atoms with Gasteiger partial charge in [0.25, 0.3) is 5.56 Å². The number of anilines is 1. The van der Waals surface area contributed by atoms with Gasteiger partial charge in [0.1, 0.15) is 5.00 Å². The van der Waals surface area contributed by atoms with Gasteiger partial charge in [0.15, 0.2) is 5.69 Å². The highest BCUT2D eigenvalue weighted by Crippen LogP contribution is 2.32. The Kier molecular flexibility index (Phi) is 7.05. The fourth-order valence-electron chi connectivity index (χ4n) is 4.08. The molecule has 1 N–H and O–H groups in total. The molecule has 168 valence electrons. The molecule has 2 heterocycles. The highest BCUT2D eigenvalue weighted by atomic mass is 79.9. The standard InChI is InChI=1S/C23H24BrN3O4S/c1-2-31-23(30)20-17-13-32-21(25-18(28)12-14-6-4-3-5-7-14)19(17)22(29)27(26-20)16-10-8-15(24)9-11-16/h8-11,13-14H,2-7,12H2,1H3,(H,25,28). The van der Waals surface area contributed by atoms with E-state index in [0.29, 0.717) is 28.4 Å². The van der Waals surface area contributed by atoms with Gasteiger partial charge in [-0.3, -0.25) is 9.59 Å². The first-order chi connectivity index (χ1) is 15.5. The fourth-order valence-corrected chi connectivity index (χ4v) is 5.30. The summed E-state index contributed by atoms with van der Waals surface area (Å²) in [6, 6.07) is 7.04. The molecule has 9 heteroatoms. The number of aromatic nitrogens is 2. The van der Waals surface area contributed by atoms with Crippen molar-refractivity contribution in [3.8, 4) is 5.69 Å². The summed E-state index contributed by atoms with van der Waals surface area (Å²) in [4.78, 5) is 38.7. The van der Waals surface area contributed by atoms with Gasteiger partial charge < -0.3 is 10.1 Å². The Balaban J connectivity index is 1.75. The molecular formula is C23H24BrN3O4S. The van der Waals surface area contributed by atoms with E-state index in [-0.39, 0.29) is 23.6 Å². The van der Waals surface area contributed by atoms with E-state index in [1.807, 2.05) is 0 Å². The molecule has 4 rings (SSSR count). The number of carbonyl (C=O) groups is 2. The van der Waals surface area contributed by atoms with Gasteiger partial charge in [0.2, 0.25) is 5.91 Å². The maximum atomic E-state index is 13.4. The second-order valence-electron chi connectivity index (χ2n) is 7.87. The lowest BCUT2D eigenvalue weighted by atomic mass is 9.87. The van der Waals surface area contributed by atoms with Crippen LogP contribution in [0.2, 0.25) is 0 Å². The van der Waals surface area contributed by atoms with Gasteiger partial charge in [-0.15, -0.1) is 11.3 Å². The van der Waals surface area contributed by atoms with Gasteiger partial charge in [-0.05, 0) is 49.9 Å². The Morgan fingerprint density at radius 2 is 1.94 bits per heavy atom. The molecule has 1 aliphatic rings. The van der Waals surface area contributed by atoms with Crippen LogP contribution in [0.5, 0.6) is 0 Å². The first-order valence-corrected chi connectivity index (χ1v) is 12.4. The zero-order chi connectivity index (χ0) is 22.7. The zero-order valence-corrected chi connectivity index (χ0v) is 20.1. The maximum Gasteiger partial charge on any atom is 0.359 e.